The Morgan fingerprint density at radius 1 is 1.15 bits per heavy atom. The molecule has 1 heterocycles. The smallest absolute Gasteiger partial charge is 0.286 e. The maximum Gasteiger partial charge on any atom is 0.286 e. The molecule has 0 aliphatic carbocycles. The van der Waals surface area contributed by atoms with E-state index in [4.69, 9.17) is 9.15 Å². The molecule has 1 amide bonds. The van der Waals surface area contributed by atoms with Gasteiger partial charge < -0.3 is 14.5 Å². The van der Waals surface area contributed by atoms with E-state index in [-0.39, 0.29) is 24.1 Å². The van der Waals surface area contributed by atoms with Crippen molar-refractivity contribution in [2.24, 2.45) is 0 Å². The van der Waals surface area contributed by atoms with Gasteiger partial charge in [-0.3, -0.25) is 9.59 Å². The maximum absolute atomic E-state index is 11.3. The molecule has 0 spiro atoms. The summed E-state index contributed by atoms with van der Waals surface area (Å²) in [6.45, 7) is 1.73. The van der Waals surface area contributed by atoms with Gasteiger partial charge in [0.05, 0.1) is 0 Å². The van der Waals surface area contributed by atoms with Crippen LogP contribution in [0, 0.1) is 0 Å². The second-order valence-electron chi connectivity index (χ2n) is 4.21. The minimum Gasteiger partial charge on any atom is -0.486 e. The van der Waals surface area contributed by atoms with Gasteiger partial charge in [-0.2, -0.15) is 0 Å². The van der Waals surface area contributed by atoms with E-state index in [0.29, 0.717) is 17.1 Å². The Morgan fingerprint density at radius 3 is 2.45 bits per heavy atom. The van der Waals surface area contributed by atoms with E-state index in [2.05, 4.69) is 5.32 Å². The number of nitrogens with one attached hydrogen (secondary N) is 1. The van der Waals surface area contributed by atoms with Crippen molar-refractivity contribution in [3.63, 3.8) is 0 Å². The first-order valence-corrected chi connectivity index (χ1v) is 6.14. The first-order chi connectivity index (χ1) is 9.60. The van der Waals surface area contributed by atoms with E-state index >= 15 is 0 Å². The summed E-state index contributed by atoms with van der Waals surface area (Å²) in [5.74, 6) is 1.17. The molecule has 1 aromatic heterocycles. The molecular formula is C15H15NO4. The zero-order chi connectivity index (χ0) is 14.5. The van der Waals surface area contributed by atoms with Crippen molar-refractivity contribution in [1.82, 2.24) is 5.32 Å². The van der Waals surface area contributed by atoms with Crippen molar-refractivity contribution >= 4 is 11.7 Å². The van der Waals surface area contributed by atoms with Crippen LogP contribution in [-0.2, 0) is 6.61 Å². The molecule has 0 atom stereocenters. The summed E-state index contributed by atoms with van der Waals surface area (Å²) >= 11 is 0. The van der Waals surface area contributed by atoms with Gasteiger partial charge in [-0.25, -0.2) is 0 Å². The molecule has 2 rings (SSSR count). The third-order valence-corrected chi connectivity index (χ3v) is 2.75. The first-order valence-electron chi connectivity index (χ1n) is 6.14. The highest BCUT2D eigenvalue weighted by Crippen LogP contribution is 2.16. The van der Waals surface area contributed by atoms with Crippen molar-refractivity contribution in [1.29, 1.82) is 0 Å². The molecule has 0 bridgehead atoms. The summed E-state index contributed by atoms with van der Waals surface area (Å²) in [6.07, 6.45) is 0. The van der Waals surface area contributed by atoms with Gasteiger partial charge in [-0.05, 0) is 43.3 Å². The largest absolute Gasteiger partial charge is 0.486 e. The van der Waals surface area contributed by atoms with Crippen LogP contribution in [0.4, 0.5) is 0 Å². The highest BCUT2D eigenvalue weighted by atomic mass is 16.5. The van der Waals surface area contributed by atoms with Gasteiger partial charge in [-0.15, -0.1) is 0 Å². The van der Waals surface area contributed by atoms with Crippen molar-refractivity contribution in [2.45, 2.75) is 13.5 Å². The second-order valence-corrected chi connectivity index (χ2v) is 4.21. The van der Waals surface area contributed by atoms with Crippen LogP contribution in [0.1, 0.15) is 33.6 Å². The standard InChI is InChI=1S/C15H15NO4/c1-10(17)11-3-5-12(6-4-11)19-9-13-7-8-14(20-13)15(18)16-2/h3-8H,9H2,1-2H3,(H,16,18). The highest BCUT2D eigenvalue weighted by molar-refractivity contribution is 5.94. The number of ketones is 1. The molecule has 2 aromatic rings. The number of carbonyl (C=O) groups is 2. The summed E-state index contributed by atoms with van der Waals surface area (Å²) in [4.78, 5) is 22.5. The zero-order valence-corrected chi connectivity index (χ0v) is 11.3. The normalized spacial score (nSPS) is 10.1. The van der Waals surface area contributed by atoms with Crippen molar-refractivity contribution in [2.75, 3.05) is 7.05 Å². The van der Waals surface area contributed by atoms with E-state index in [1.807, 2.05) is 0 Å². The lowest BCUT2D eigenvalue weighted by atomic mass is 10.1. The van der Waals surface area contributed by atoms with E-state index in [0.717, 1.165) is 0 Å². The topological polar surface area (TPSA) is 68.5 Å². The molecule has 0 aliphatic heterocycles. The van der Waals surface area contributed by atoms with E-state index < -0.39 is 0 Å². The van der Waals surface area contributed by atoms with Crippen LogP contribution >= 0.6 is 0 Å². The Morgan fingerprint density at radius 2 is 1.85 bits per heavy atom. The lowest BCUT2D eigenvalue weighted by Gasteiger charge is -2.04. The molecule has 5 heteroatoms. The molecule has 0 aliphatic rings. The highest BCUT2D eigenvalue weighted by Gasteiger charge is 2.09. The SMILES string of the molecule is CNC(=O)c1ccc(COc2ccc(C(C)=O)cc2)o1. The van der Waals surface area contributed by atoms with Gasteiger partial charge in [0.2, 0.25) is 0 Å². The number of ether oxygens (including phenoxy) is 1. The summed E-state index contributed by atoms with van der Waals surface area (Å²) in [7, 11) is 1.54. The number of Topliss-reactive ketones (excluding diaryl/α,β-unsaturated/α-hetero) is 1. The quantitative estimate of drug-likeness (QED) is 0.849. The Kier molecular flexibility index (Phi) is 4.20. The number of benzene rings is 1. The number of furan rings is 1. The summed E-state index contributed by atoms with van der Waals surface area (Å²) in [5, 5.41) is 2.48. The van der Waals surface area contributed by atoms with Crippen LogP contribution in [0.25, 0.3) is 0 Å². The fraction of sp³-hybridized carbons (Fsp3) is 0.200. The Balaban J connectivity index is 1.96. The van der Waals surface area contributed by atoms with Crippen LogP contribution in [0.5, 0.6) is 5.75 Å². The average molecular weight is 273 g/mol. The predicted octanol–water partition coefficient (Wildman–Crippen LogP) is 2.42. The summed E-state index contributed by atoms with van der Waals surface area (Å²) in [5.41, 5.74) is 0.636. The minimum atomic E-state index is -0.276. The molecule has 1 N–H and O–H groups in total. The van der Waals surface area contributed by atoms with Crippen LogP contribution in [0.3, 0.4) is 0 Å². The van der Waals surface area contributed by atoms with Gasteiger partial charge in [0.1, 0.15) is 18.1 Å². The molecule has 0 unspecified atom stereocenters. The van der Waals surface area contributed by atoms with Crippen molar-refractivity contribution in [3.05, 3.63) is 53.5 Å². The van der Waals surface area contributed by atoms with E-state index in [1.54, 1.807) is 36.4 Å². The molecule has 20 heavy (non-hydrogen) atoms. The number of hydrogen-bond donors (Lipinski definition) is 1. The van der Waals surface area contributed by atoms with Crippen molar-refractivity contribution < 1.29 is 18.7 Å². The van der Waals surface area contributed by atoms with E-state index in [9.17, 15) is 9.59 Å². The zero-order valence-electron chi connectivity index (χ0n) is 11.3. The fourth-order valence-corrected chi connectivity index (χ4v) is 1.64. The first kappa shape index (κ1) is 13.9. The molecule has 0 saturated carbocycles. The molecule has 1 aromatic carbocycles. The van der Waals surface area contributed by atoms with Gasteiger partial charge in [0.15, 0.2) is 11.5 Å². The molecule has 5 nitrogen and oxygen atoms in total. The van der Waals surface area contributed by atoms with Crippen LogP contribution in [-0.4, -0.2) is 18.7 Å². The van der Waals surface area contributed by atoms with Crippen LogP contribution in [0.2, 0.25) is 0 Å². The fourth-order valence-electron chi connectivity index (χ4n) is 1.64. The Bertz CT molecular complexity index is 613. The number of amides is 1. The molecule has 0 fully saturated rings. The van der Waals surface area contributed by atoms with Gasteiger partial charge in [0, 0.05) is 12.6 Å². The third kappa shape index (κ3) is 3.26. The molecule has 104 valence electrons. The van der Waals surface area contributed by atoms with Crippen molar-refractivity contribution in [3.8, 4) is 5.75 Å². The lowest BCUT2D eigenvalue weighted by molar-refractivity contribution is 0.0931. The summed E-state index contributed by atoms with van der Waals surface area (Å²) < 4.78 is 10.8. The van der Waals surface area contributed by atoms with Gasteiger partial charge >= 0.3 is 0 Å². The minimum absolute atomic E-state index is 0.0119. The molecule has 0 saturated heterocycles. The third-order valence-electron chi connectivity index (χ3n) is 2.75. The number of carbonyl (C=O) groups excluding carboxylic acids is 2. The average Bonchev–Trinajstić information content (AvgIpc) is 2.93. The Hall–Kier alpha value is -2.56. The van der Waals surface area contributed by atoms with Crippen LogP contribution < -0.4 is 10.1 Å². The number of hydrogen-bond acceptors (Lipinski definition) is 4. The van der Waals surface area contributed by atoms with E-state index in [1.165, 1.54) is 14.0 Å². The van der Waals surface area contributed by atoms with Gasteiger partial charge in [0.25, 0.3) is 5.91 Å². The number of rotatable bonds is 5. The van der Waals surface area contributed by atoms with Gasteiger partial charge in [-0.1, -0.05) is 0 Å². The second kappa shape index (κ2) is 6.06. The monoisotopic (exact) mass is 273 g/mol. The molecular weight excluding hydrogens is 258 g/mol. The Labute approximate surface area is 116 Å². The summed E-state index contributed by atoms with van der Waals surface area (Å²) in [6, 6.07) is 10.1. The molecule has 0 radical (unpaired) electrons. The lowest BCUT2D eigenvalue weighted by Crippen LogP contribution is -2.16. The maximum atomic E-state index is 11.3. The van der Waals surface area contributed by atoms with Crippen LogP contribution in [0.15, 0.2) is 40.8 Å². The predicted molar refractivity (Wildman–Crippen MR) is 72.9 cm³/mol.